The molecule has 2 aliphatic rings. The molecule has 38 heavy (non-hydrogen) atoms. The summed E-state index contributed by atoms with van der Waals surface area (Å²) in [7, 11) is -2.74. The molecule has 1 saturated heterocycles. The highest BCUT2D eigenvalue weighted by atomic mass is 32.2. The van der Waals surface area contributed by atoms with Crippen LogP contribution in [0, 0.1) is 19.8 Å². The Morgan fingerprint density at radius 2 is 1.55 bits per heavy atom. The van der Waals surface area contributed by atoms with Crippen molar-refractivity contribution in [2.75, 3.05) is 12.1 Å². The number of rotatable bonds is 4. The van der Waals surface area contributed by atoms with Crippen LogP contribution in [0.2, 0.25) is 0 Å². The monoisotopic (exact) mass is 529 g/mol. The first-order valence-electron chi connectivity index (χ1n) is 12.4. The minimum absolute atomic E-state index is 0.0789. The van der Waals surface area contributed by atoms with Crippen LogP contribution in [0.1, 0.15) is 40.8 Å². The Labute approximate surface area is 220 Å². The zero-order valence-electron chi connectivity index (χ0n) is 21.2. The molecule has 194 valence electrons. The minimum Gasteiger partial charge on any atom is -0.288 e. The number of hydrogen-bond donors (Lipinski definition) is 1. The maximum Gasteiger partial charge on any atom is 0.268 e. The van der Waals surface area contributed by atoms with Gasteiger partial charge in [-0.25, -0.2) is 17.5 Å². The molecule has 2 heterocycles. The maximum absolute atomic E-state index is 14.2. The van der Waals surface area contributed by atoms with E-state index in [4.69, 9.17) is 0 Å². The van der Waals surface area contributed by atoms with Gasteiger partial charge in [0.1, 0.15) is 0 Å². The Kier molecular flexibility index (Phi) is 5.48. The van der Waals surface area contributed by atoms with Crippen LogP contribution in [0.3, 0.4) is 0 Å². The molecule has 4 aromatic rings. The van der Waals surface area contributed by atoms with Crippen molar-refractivity contribution in [3.63, 3.8) is 0 Å². The predicted molar refractivity (Wildman–Crippen MR) is 143 cm³/mol. The van der Waals surface area contributed by atoms with E-state index in [-0.39, 0.29) is 22.9 Å². The first-order valence-corrected chi connectivity index (χ1v) is 13.9. The number of aryl methyl sites for hydroxylation is 2. The van der Waals surface area contributed by atoms with Crippen molar-refractivity contribution < 1.29 is 23.2 Å². The van der Waals surface area contributed by atoms with Crippen molar-refractivity contribution in [2.24, 2.45) is 5.92 Å². The van der Waals surface area contributed by atoms with Crippen LogP contribution in [0.25, 0.3) is 10.9 Å². The van der Waals surface area contributed by atoms with Crippen molar-refractivity contribution in [3.05, 3.63) is 95.2 Å². The largest absolute Gasteiger partial charge is 0.288 e. The zero-order chi connectivity index (χ0) is 26.9. The first-order chi connectivity index (χ1) is 18.1. The lowest BCUT2D eigenvalue weighted by molar-refractivity contribution is -0.137. The Balaban J connectivity index is 1.69. The van der Waals surface area contributed by atoms with E-state index in [1.807, 2.05) is 26.0 Å². The number of likely N-dealkylation sites (N-methyl/N-ethyl adjacent to an activating group) is 1. The van der Waals surface area contributed by atoms with E-state index < -0.39 is 33.8 Å². The highest BCUT2D eigenvalue weighted by Crippen LogP contribution is 2.53. The second-order valence-corrected chi connectivity index (χ2v) is 11.9. The Hall–Kier alpha value is -3.95. The predicted octanol–water partition coefficient (Wildman–Crippen LogP) is 4.53. The SMILES string of the molecule is Cc1ccc(S(=O)(=O)n2c3c(c4ccccc42)[C@@H](N(O)c2ccccc2C)C[C@@H]2C(=O)N(C)C(=O)[C@H]32)cc1. The molecule has 3 aromatic carbocycles. The Morgan fingerprint density at radius 1 is 0.895 bits per heavy atom. The molecule has 1 aliphatic heterocycles. The topological polar surface area (TPSA) is 99.9 Å². The van der Waals surface area contributed by atoms with Crippen molar-refractivity contribution in [1.82, 2.24) is 8.87 Å². The molecule has 0 radical (unpaired) electrons. The molecule has 2 amide bonds. The van der Waals surface area contributed by atoms with E-state index in [0.717, 1.165) is 21.1 Å². The number of nitrogens with zero attached hydrogens (tertiary/aromatic N) is 3. The lowest BCUT2D eigenvalue weighted by Gasteiger charge is -2.36. The van der Waals surface area contributed by atoms with Gasteiger partial charge in [-0.1, -0.05) is 54.1 Å². The molecule has 9 heteroatoms. The number of anilines is 1. The van der Waals surface area contributed by atoms with Gasteiger partial charge in [-0.05, 0) is 50.1 Å². The number of fused-ring (bicyclic) bond motifs is 5. The van der Waals surface area contributed by atoms with Crippen LogP contribution in [-0.2, 0) is 19.6 Å². The van der Waals surface area contributed by atoms with Crippen LogP contribution in [0.15, 0.2) is 77.7 Å². The van der Waals surface area contributed by atoms with Gasteiger partial charge in [-0.15, -0.1) is 0 Å². The molecule has 0 saturated carbocycles. The van der Waals surface area contributed by atoms with Crippen LogP contribution in [-0.4, -0.2) is 41.4 Å². The summed E-state index contributed by atoms with van der Waals surface area (Å²) in [6.07, 6.45) is 0.163. The first kappa shape index (κ1) is 24.4. The molecule has 1 N–H and O–H groups in total. The molecule has 1 aliphatic carbocycles. The smallest absolute Gasteiger partial charge is 0.268 e. The summed E-state index contributed by atoms with van der Waals surface area (Å²) in [5.41, 5.74) is 3.46. The highest BCUT2D eigenvalue weighted by Gasteiger charge is 2.55. The van der Waals surface area contributed by atoms with Crippen molar-refractivity contribution in [1.29, 1.82) is 0 Å². The second kappa shape index (κ2) is 8.54. The Morgan fingerprint density at radius 3 is 2.26 bits per heavy atom. The van der Waals surface area contributed by atoms with Gasteiger partial charge in [0.2, 0.25) is 11.8 Å². The van der Waals surface area contributed by atoms with E-state index in [9.17, 15) is 23.2 Å². The number of likely N-dealkylation sites (tertiary alicyclic amines) is 1. The normalized spacial score (nSPS) is 21.1. The quantitative estimate of drug-likeness (QED) is 0.308. The molecule has 6 rings (SSSR count). The van der Waals surface area contributed by atoms with Gasteiger partial charge >= 0.3 is 0 Å². The zero-order valence-corrected chi connectivity index (χ0v) is 22.0. The molecule has 1 aromatic heterocycles. The fourth-order valence-electron chi connectivity index (χ4n) is 5.97. The van der Waals surface area contributed by atoms with Crippen molar-refractivity contribution >= 4 is 38.4 Å². The van der Waals surface area contributed by atoms with Gasteiger partial charge in [0, 0.05) is 18.0 Å². The van der Waals surface area contributed by atoms with Gasteiger partial charge in [0.15, 0.2) is 0 Å². The summed E-state index contributed by atoms with van der Waals surface area (Å²) in [5.74, 6) is -2.60. The third kappa shape index (κ3) is 3.35. The fraction of sp³-hybridized carbons (Fsp3) is 0.241. The third-order valence-corrected chi connectivity index (χ3v) is 9.62. The molecular weight excluding hydrogens is 502 g/mol. The number of carbonyl (C=O) groups is 2. The van der Waals surface area contributed by atoms with E-state index in [1.54, 1.807) is 60.7 Å². The summed E-state index contributed by atoms with van der Waals surface area (Å²) < 4.78 is 29.7. The molecule has 8 nitrogen and oxygen atoms in total. The maximum atomic E-state index is 14.2. The van der Waals surface area contributed by atoms with Gasteiger partial charge in [-0.2, -0.15) is 0 Å². The fourth-order valence-corrected chi connectivity index (χ4v) is 7.55. The number of aromatic nitrogens is 1. The van der Waals surface area contributed by atoms with Crippen LogP contribution in [0.4, 0.5) is 5.69 Å². The van der Waals surface area contributed by atoms with Crippen molar-refractivity contribution in [3.8, 4) is 0 Å². The summed E-state index contributed by atoms with van der Waals surface area (Å²) in [4.78, 5) is 27.9. The molecule has 1 fully saturated rings. The molecule has 0 unspecified atom stereocenters. The van der Waals surface area contributed by atoms with Gasteiger partial charge in [-0.3, -0.25) is 19.7 Å². The summed E-state index contributed by atoms with van der Waals surface area (Å²) in [6, 6.07) is 20.2. The lowest BCUT2D eigenvalue weighted by atomic mass is 9.76. The van der Waals surface area contributed by atoms with E-state index >= 15 is 0 Å². The number of hydrogen-bond acceptors (Lipinski definition) is 6. The van der Waals surface area contributed by atoms with Crippen LogP contribution in [0.5, 0.6) is 0 Å². The van der Waals surface area contributed by atoms with E-state index in [2.05, 4.69) is 0 Å². The summed E-state index contributed by atoms with van der Waals surface area (Å²) in [6.45, 7) is 3.74. The van der Waals surface area contributed by atoms with Gasteiger partial charge in [0.05, 0.1) is 39.7 Å². The number of imide groups is 1. The number of amides is 2. The van der Waals surface area contributed by atoms with Crippen molar-refractivity contribution in [2.45, 2.75) is 37.1 Å². The van der Waals surface area contributed by atoms with Gasteiger partial charge in [0.25, 0.3) is 10.0 Å². The third-order valence-electron chi connectivity index (χ3n) is 7.88. The summed E-state index contributed by atoms with van der Waals surface area (Å²) in [5, 5.41) is 13.3. The molecular formula is C29H27N3O5S. The van der Waals surface area contributed by atoms with Crippen LogP contribution < -0.4 is 5.06 Å². The average Bonchev–Trinajstić information content (AvgIpc) is 3.36. The van der Waals surface area contributed by atoms with E-state index in [0.29, 0.717) is 22.2 Å². The number of para-hydroxylation sites is 2. The lowest BCUT2D eigenvalue weighted by Crippen LogP contribution is -2.36. The molecule has 0 spiro atoms. The number of hydroxylamine groups is 1. The Bertz CT molecular complexity index is 1720. The van der Waals surface area contributed by atoms with Crippen LogP contribution >= 0.6 is 0 Å². The standard InChI is InChI=1S/C29H27N3O5S/c1-17-12-14-19(15-13-17)38(36,37)32-23-11-7-5-9-20(23)25-24(31(35)22-10-6-4-8-18(22)2)16-21-26(27(25)32)29(34)30(3)28(21)33/h4-15,21,24,26,35H,16H2,1-3H3/t21-,24-,26-/m0/s1. The van der Waals surface area contributed by atoms with Gasteiger partial charge < -0.3 is 0 Å². The minimum atomic E-state index is -4.16. The van der Waals surface area contributed by atoms with E-state index in [1.165, 1.54) is 11.0 Å². The average molecular weight is 530 g/mol. The number of benzene rings is 3. The molecule has 0 bridgehead atoms. The molecule has 3 atom stereocenters. The highest BCUT2D eigenvalue weighted by molar-refractivity contribution is 7.90. The number of carbonyl (C=O) groups excluding carboxylic acids is 2. The summed E-state index contributed by atoms with van der Waals surface area (Å²) >= 11 is 0. The second-order valence-electron chi connectivity index (χ2n) is 10.1.